The molecule has 0 aliphatic heterocycles. The molecule has 154 valence electrons. The minimum absolute atomic E-state index is 0.0404. The van der Waals surface area contributed by atoms with Crippen molar-refractivity contribution in [2.75, 3.05) is 10.2 Å². The Bertz CT molecular complexity index is 910. The van der Waals surface area contributed by atoms with Crippen LogP contribution in [-0.4, -0.2) is 29.5 Å². The number of halogens is 2. The SMILES string of the molecule is Cc1ccc(NC(=O)N(c2ccccc2C(C)C)C2CC(=O)C2)c(OC(F)F)n1. The molecular formula is C21H23F2N3O3. The number of para-hydroxylation sites is 1. The van der Waals surface area contributed by atoms with Crippen LogP contribution in [0.25, 0.3) is 0 Å². The van der Waals surface area contributed by atoms with E-state index in [9.17, 15) is 18.4 Å². The number of hydrogen-bond donors (Lipinski definition) is 1. The maximum absolute atomic E-state index is 13.2. The number of Topliss-reactive ketones (excluding diaryl/α,β-unsaturated/α-hetero) is 1. The molecule has 0 atom stereocenters. The van der Waals surface area contributed by atoms with Gasteiger partial charge < -0.3 is 10.1 Å². The average Bonchev–Trinajstić information content (AvgIpc) is 2.62. The molecule has 0 unspecified atom stereocenters. The molecule has 8 heteroatoms. The first kappa shape index (κ1) is 20.7. The predicted molar refractivity (Wildman–Crippen MR) is 106 cm³/mol. The number of hydrogen-bond acceptors (Lipinski definition) is 4. The molecule has 1 aliphatic carbocycles. The highest BCUT2D eigenvalue weighted by atomic mass is 19.3. The van der Waals surface area contributed by atoms with Crippen LogP contribution in [-0.2, 0) is 4.79 Å². The van der Waals surface area contributed by atoms with Gasteiger partial charge in [0.05, 0.1) is 6.04 Å². The molecule has 1 heterocycles. The highest BCUT2D eigenvalue weighted by Gasteiger charge is 2.37. The van der Waals surface area contributed by atoms with Gasteiger partial charge in [-0.25, -0.2) is 9.78 Å². The maximum atomic E-state index is 13.2. The smallest absolute Gasteiger partial charge is 0.388 e. The van der Waals surface area contributed by atoms with Crippen LogP contribution >= 0.6 is 0 Å². The van der Waals surface area contributed by atoms with Gasteiger partial charge in [0.2, 0.25) is 5.88 Å². The van der Waals surface area contributed by atoms with Crippen LogP contribution in [0, 0.1) is 6.92 Å². The van der Waals surface area contributed by atoms with Crippen LogP contribution in [0.4, 0.5) is 25.0 Å². The fraction of sp³-hybridized carbons (Fsp3) is 0.381. The summed E-state index contributed by atoms with van der Waals surface area (Å²) in [6, 6.07) is 9.70. The van der Waals surface area contributed by atoms with Gasteiger partial charge in [0.15, 0.2) is 0 Å². The summed E-state index contributed by atoms with van der Waals surface area (Å²) in [6.07, 6.45) is 0.513. The Balaban J connectivity index is 1.94. The number of rotatable bonds is 6. The topological polar surface area (TPSA) is 71.5 Å². The second-order valence-electron chi connectivity index (χ2n) is 7.30. The maximum Gasteiger partial charge on any atom is 0.388 e. The van der Waals surface area contributed by atoms with E-state index in [2.05, 4.69) is 15.0 Å². The molecule has 0 radical (unpaired) electrons. The summed E-state index contributed by atoms with van der Waals surface area (Å²) in [5, 5.41) is 2.63. The van der Waals surface area contributed by atoms with Crippen LogP contribution in [0.3, 0.4) is 0 Å². The van der Waals surface area contributed by atoms with Crippen molar-refractivity contribution in [2.24, 2.45) is 0 Å². The van der Waals surface area contributed by atoms with E-state index in [1.807, 2.05) is 38.1 Å². The summed E-state index contributed by atoms with van der Waals surface area (Å²) >= 11 is 0. The number of benzene rings is 1. The minimum Gasteiger partial charge on any atom is -0.415 e. The van der Waals surface area contributed by atoms with Gasteiger partial charge in [-0.05, 0) is 36.6 Å². The number of pyridine rings is 1. The van der Waals surface area contributed by atoms with E-state index in [0.717, 1.165) is 5.56 Å². The highest BCUT2D eigenvalue weighted by Crippen LogP contribution is 2.34. The summed E-state index contributed by atoms with van der Waals surface area (Å²) in [6.45, 7) is 2.59. The fourth-order valence-electron chi connectivity index (χ4n) is 3.29. The molecule has 1 saturated carbocycles. The zero-order valence-corrected chi connectivity index (χ0v) is 16.5. The quantitative estimate of drug-likeness (QED) is 0.746. The summed E-state index contributed by atoms with van der Waals surface area (Å²) in [7, 11) is 0. The molecule has 2 amide bonds. The molecule has 0 saturated heterocycles. The third-order valence-corrected chi connectivity index (χ3v) is 4.77. The zero-order valence-electron chi connectivity index (χ0n) is 16.5. The van der Waals surface area contributed by atoms with Crippen LogP contribution in [0.15, 0.2) is 36.4 Å². The van der Waals surface area contributed by atoms with E-state index in [1.54, 1.807) is 13.0 Å². The van der Waals surface area contributed by atoms with Crippen molar-refractivity contribution in [3.8, 4) is 5.88 Å². The van der Waals surface area contributed by atoms with Gasteiger partial charge in [0.25, 0.3) is 0 Å². The minimum atomic E-state index is -3.07. The van der Waals surface area contributed by atoms with Gasteiger partial charge in [-0.1, -0.05) is 32.0 Å². The monoisotopic (exact) mass is 403 g/mol. The van der Waals surface area contributed by atoms with Gasteiger partial charge in [-0.15, -0.1) is 0 Å². The number of carbonyl (C=O) groups is 2. The molecule has 29 heavy (non-hydrogen) atoms. The lowest BCUT2D eigenvalue weighted by molar-refractivity contribution is -0.124. The van der Waals surface area contributed by atoms with Crippen molar-refractivity contribution in [1.29, 1.82) is 0 Å². The largest absolute Gasteiger partial charge is 0.415 e. The van der Waals surface area contributed by atoms with E-state index < -0.39 is 12.6 Å². The molecule has 3 rings (SSSR count). The van der Waals surface area contributed by atoms with Crippen LogP contribution in [0.1, 0.15) is 43.9 Å². The van der Waals surface area contributed by atoms with Crippen molar-refractivity contribution in [3.63, 3.8) is 0 Å². The number of amides is 2. The Morgan fingerprint density at radius 2 is 1.90 bits per heavy atom. The van der Waals surface area contributed by atoms with Crippen molar-refractivity contribution in [1.82, 2.24) is 4.98 Å². The third kappa shape index (κ3) is 4.70. The molecule has 1 aromatic carbocycles. The molecule has 1 N–H and O–H groups in total. The van der Waals surface area contributed by atoms with Crippen molar-refractivity contribution >= 4 is 23.2 Å². The van der Waals surface area contributed by atoms with E-state index in [0.29, 0.717) is 11.4 Å². The van der Waals surface area contributed by atoms with Crippen molar-refractivity contribution in [2.45, 2.75) is 52.2 Å². The van der Waals surface area contributed by atoms with Crippen LogP contribution < -0.4 is 15.0 Å². The van der Waals surface area contributed by atoms with Gasteiger partial charge in [-0.3, -0.25) is 9.69 Å². The van der Waals surface area contributed by atoms with Crippen LogP contribution in [0.5, 0.6) is 5.88 Å². The number of ketones is 1. The number of anilines is 2. The van der Waals surface area contributed by atoms with E-state index in [1.165, 1.54) is 11.0 Å². The lowest BCUT2D eigenvalue weighted by Gasteiger charge is -2.38. The number of aromatic nitrogens is 1. The summed E-state index contributed by atoms with van der Waals surface area (Å²) < 4.78 is 30.0. The Morgan fingerprint density at radius 1 is 1.21 bits per heavy atom. The zero-order chi connectivity index (χ0) is 21.1. The third-order valence-electron chi connectivity index (χ3n) is 4.77. The fourth-order valence-corrected chi connectivity index (χ4v) is 3.29. The first-order chi connectivity index (χ1) is 13.8. The van der Waals surface area contributed by atoms with E-state index in [4.69, 9.17) is 0 Å². The number of urea groups is 1. The molecule has 0 bridgehead atoms. The second-order valence-corrected chi connectivity index (χ2v) is 7.30. The number of nitrogens with zero attached hydrogens (tertiary/aromatic N) is 2. The molecule has 6 nitrogen and oxygen atoms in total. The molecule has 1 fully saturated rings. The van der Waals surface area contributed by atoms with Gasteiger partial charge in [0, 0.05) is 24.2 Å². The number of aryl methyl sites for hydroxylation is 1. The Hall–Kier alpha value is -3.03. The number of nitrogens with one attached hydrogen (secondary N) is 1. The first-order valence-electron chi connectivity index (χ1n) is 9.39. The summed E-state index contributed by atoms with van der Waals surface area (Å²) in [5.41, 5.74) is 2.16. The van der Waals surface area contributed by atoms with Gasteiger partial charge in [-0.2, -0.15) is 8.78 Å². The van der Waals surface area contributed by atoms with Gasteiger partial charge in [0.1, 0.15) is 11.5 Å². The summed E-state index contributed by atoms with van der Waals surface area (Å²) in [4.78, 5) is 30.2. The van der Waals surface area contributed by atoms with Crippen molar-refractivity contribution in [3.05, 3.63) is 47.7 Å². The van der Waals surface area contributed by atoms with Gasteiger partial charge >= 0.3 is 12.6 Å². The number of ether oxygens (including phenoxy) is 1. The Labute approximate surface area is 167 Å². The highest BCUT2D eigenvalue weighted by molar-refractivity contribution is 6.05. The number of carbonyl (C=O) groups excluding carboxylic acids is 2. The molecular weight excluding hydrogens is 380 g/mol. The Kier molecular flexibility index (Phi) is 6.10. The molecule has 0 spiro atoms. The lowest BCUT2D eigenvalue weighted by atomic mass is 9.88. The first-order valence-corrected chi connectivity index (χ1v) is 9.39. The van der Waals surface area contributed by atoms with Crippen LogP contribution in [0.2, 0.25) is 0 Å². The van der Waals surface area contributed by atoms with E-state index >= 15 is 0 Å². The molecule has 2 aromatic rings. The Morgan fingerprint density at radius 3 is 2.52 bits per heavy atom. The standard InChI is InChI=1S/C21H23F2N3O3/c1-12(2)16-6-4-5-7-18(16)26(14-10-15(27)11-14)21(28)25-17-9-8-13(3)24-19(17)29-20(22)23/h4-9,12,14,20H,10-11H2,1-3H3,(H,25,28). The normalized spacial score (nSPS) is 14.1. The predicted octanol–water partition coefficient (Wildman–Crippen LogP) is 4.88. The molecule has 1 aliphatic rings. The summed E-state index contributed by atoms with van der Waals surface area (Å²) in [5.74, 6) is -0.125. The number of alkyl halides is 2. The molecule has 1 aromatic heterocycles. The second kappa shape index (κ2) is 8.55. The average molecular weight is 403 g/mol. The van der Waals surface area contributed by atoms with E-state index in [-0.39, 0.29) is 42.2 Å². The lowest BCUT2D eigenvalue weighted by Crippen LogP contribution is -2.50. The van der Waals surface area contributed by atoms with Crippen molar-refractivity contribution < 1.29 is 23.1 Å².